The Kier molecular flexibility index (Phi) is 5.92. The minimum Gasteiger partial charge on any atom is -0.352 e. The third-order valence-corrected chi connectivity index (χ3v) is 2.04. The van der Waals surface area contributed by atoms with Crippen molar-refractivity contribution < 1.29 is 9.59 Å². The number of nitrogens with one attached hydrogen (secondary N) is 1. The van der Waals surface area contributed by atoms with E-state index in [0.717, 1.165) is 13.0 Å². The highest BCUT2D eigenvalue weighted by Crippen LogP contribution is 2.08. The summed E-state index contributed by atoms with van der Waals surface area (Å²) < 4.78 is 0. The summed E-state index contributed by atoms with van der Waals surface area (Å²) in [6, 6.07) is 0.159. The van der Waals surface area contributed by atoms with Crippen molar-refractivity contribution in [3.8, 4) is 0 Å². The lowest BCUT2D eigenvalue weighted by atomic mass is 10.3. The van der Waals surface area contributed by atoms with Crippen LogP contribution < -0.4 is 5.32 Å². The van der Waals surface area contributed by atoms with Crippen molar-refractivity contribution >= 4 is 11.8 Å². The van der Waals surface area contributed by atoms with E-state index in [9.17, 15) is 9.59 Å². The number of nitrogens with zero attached hydrogens (tertiary/aromatic N) is 1. The van der Waals surface area contributed by atoms with Crippen molar-refractivity contribution in [2.75, 3.05) is 13.1 Å². The number of rotatable bonds is 1. The molecule has 4 heteroatoms. The molecule has 1 fully saturated rings. The number of carbonyl (C=O) groups excluding carboxylic acids is 2. The summed E-state index contributed by atoms with van der Waals surface area (Å²) >= 11 is 0. The van der Waals surface area contributed by atoms with E-state index in [0.29, 0.717) is 6.54 Å². The first-order chi connectivity index (χ1) is 6.59. The monoisotopic (exact) mass is 200 g/mol. The van der Waals surface area contributed by atoms with Crippen molar-refractivity contribution in [3.05, 3.63) is 0 Å². The SMILES string of the molecule is CC.CC(=O)NC1CCN(C(C)=O)C1. The van der Waals surface area contributed by atoms with Gasteiger partial charge in [-0.25, -0.2) is 0 Å². The second-order valence-electron chi connectivity index (χ2n) is 3.15. The lowest BCUT2D eigenvalue weighted by Crippen LogP contribution is -2.36. The molecule has 0 aliphatic carbocycles. The fraction of sp³-hybridized carbons (Fsp3) is 0.800. The fourth-order valence-corrected chi connectivity index (χ4v) is 1.45. The smallest absolute Gasteiger partial charge is 0.219 e. The van der Waals surface area contributed by atoms with Gasteiger partial charge in [-0.3, -0.25) is 9.59 Å². The molecule has 0 aromatic rings. The van der Waals surface area contributed by atoms with Gasteiger partial charge in [0.05, 0.1) is 0 Å². The Bertz CT molecular complexity index is 204. The van der Waals surface area contributed by atoms with Crippen LogP contribution in [0.2, 0.25) is 0 Å². The van der Waals surface area contributed by atoms with Crippen LogP contribution >= 0.6 is 0 Å². The van der Waals surface area contributed by atoms with Crippen molar-refractivity contribution in [3.63, 3.8) is 0 Å². The van der Waals surface area contributed by atoms with Gasteiger partial charge in [0, 0.05) is 33.0 Å². The van der Waals surface area contributed by atoms with E-state index >= 15 is 0 Å². The van der Waals surface area contributed by atoms with Gasteiger partial charge in [0.2, 0.25) is 11.8 Å². The van der Waals surface area contributed by atoms with Gasteiger partial charge in [0.15, 0.2) is 0 Å². The zero-order chi connectivity index (χ0) is 11.1. The van der Waals surface area contributed by atoms with Gasteiger partial charge in [0.1, 0.15) is 0 Å². The molecule has 1 saturated heterocycles. The predicted molar refractivity (Wildman–Crippen MR) is 55.8 cm³/mol. The van der Waals surface area contributed by atoms with E-state index in [1.165, 1.54) is 6.92 Å². The second kappa shape index (κ2) is 6.40. The normalized spacial score (nSPS) is 19.7. The quantitative estimate of drug-likeness (QED) is 0.679. The molecule has 0 spiro atoms. The molecule has 1 aliphatic heterocycles. The van der Waals surface area contributed by atoms with Gasteiger partial charge in [-0.05, 0) is 6.42 Å². The van der Waals surface area contributed by atoms with Crippen LogP contribution in [0.4, 0.5) is 0 Å². The average Bonchev–Trinajstić information content (AvgIpc) is 2.55. The van der Waals surface area contributed by atoms with Gasteiger partial charge in [-0.15, -0.1) is 0 Å². The van der Waals surface area contributed by atoms with E-state index in [4.69, 9.17) is 0 Å². The van der Waals surface area contributed by atoms with Crippen LogP contribution in [0.3, 0.4) is 0 Å². The highest BCUT2D eigenvalue weighted by Gasteiger charge is 2.24. The Morgan fingerprint density at radius 3 is 2.21 bits per heavy atom. The van der Waals surface area contributed by atoms with Crippen LogP contribution in [-0.4, -0.2) is 35.8 Å². The van der Waals surface area contributed by atoms with Crippen molar-refractivity contribution in [2.45, 2.75) is 40.2 Å². The molecule has 1 rings (SSSR count). The Morgan fingerprint density at radius 2 is 1.86 bits per heavy atom. The zero-order valence-corrected chi connectivity index (χ0v) is 9.46. The minimum atomic E-state index is -0.0228. The summed E-state index contributed by atoms with van der Waals surface area (Å²) in [5, 5.41) is 2.79. The van der Waals surface area contributed by atoms with Gasteiger partial charge in [-0.1, -0.05) is 13.8 Å². The van der Waals surface area contributed by atoms with Crippen LogP contribution in [0.25, 0.3) is 0 Å². The van der Waals surface area contributed by atoms with E-state index in [1.54, 1.807) is 11.8 Å². The van der Waals surface area contributed by atoms with Crippen LogP contribution in [0.15, 0.2) is 0 Å². The van der Waals surface area contributed by atoms with Gasteiger partial charge < -0.3 is 10.2 Å². The lowest BCUT2D eigenvalue weighted by molar-refractivity contribution is -0.128. The Labute approximate surface area is 85.7 Å². The molecular formula is C10H20N2O2. The van der Waals surface area contributed by atoms with Gasteiger partial charge >= 0.3 is 0 Å². The largest absolute Gasteiger partial charge is 0.352 e. The predicted octanol–water partition coefficient (Wildman–Crippen LogP) is 0.770. The highest BCUT2D eigenvalue weighted by molar-refractivity contribution is 5.75. The van der Waals surface area contributed by atoms with Crippen LogP contribution in [-0.2, 0) is 9.59 Å². The first-order valence-corrected chi connectivity index (χ1v) is 5.12. The van der Waals surface area contributed by atoms with E-state index in [-0.39, 0.29) is 17.9 Å². The molecule has 82 valence electrons. The van der Waals surface area contributed by atoms with E-state index in [1.807, 2.05) is 13.8 Å². The third-order valence-electron chi connectivity index (χ3n) is 2.04. The van der Waals surface area contributed by atoms with Crippen LogP contribution in [0.1, 0.15) is 34.1 Å². The molecule has 0 aromatic heterocycles. The molecule has 1 unspecified atom stereocenters. The summed E-state index contributed by atoms with van der Waals surface area (Å²) in [5.41, 5.74) is 0. The molecule has 4 nitrogen and oxygen atoms in total. The summed E-state index contributed by atoms with van der Waals surface area (Å²) in [5.74, 6) is 0.0632. The van der Waals surface area contributed by atoms with Gasteiger partial charge in [-0.2, -0.15) is 0 Å². The summed E-state index contributed by atoms with van der Waals surface area (Å²) in [6.45, 7) is 8.47. The number of hydrogen-bond acceptors (Lipinski definition) is 2. The standard InChI is InChI=1S/C8H14N2O2.C2H6/c1-6(11)9-8-3-4-10(5-8)7(2)12;1-2/h8H,3-5H2,1-2H3,(H,9,11);1-2H3. The van der Waals surface area contributed by atoms with E-state index in [2.05, 4.69) is 5.32 Å². The van der Waals surface area contributed by atoms with Crippen LogP contribution in [0.5, 0.6) is 0 Å². The molecule has 0 radical (unpaired) electrons. The maximum atomic E-state index is 10.9. The molecule has 1 heterocycles. The molecule has 14 heavy (non-hydrogen) atoms. The molecule has 1 atom stereocenters. The first-order valence-electron chi connectivity index (χ1n) is 5.12. The summed E-state index contributed by atoms with van der Waals surface area (Å²) in [6.07, 6.45) is 0.874. The molecular weight excluding hydrogens is 180 g/mol. The fourth-order valence-electron chi connectivity index (χ4n) is 1.45. The molecule has 2 amide bonds. The lowest BCUT2D eigenvalue weighted by Gasteiger charge is -2.13. The molecule has 1 N–H and O–H groups in total. The van der Waals surface area contributed by atoms with Crippen molar-refractivity contribution in [1.82, 2.24) is 10.2 Å². The number of amides is 2. The second-order valence-corrected chi connectivity index (χ2v) is 3.15. The number of likely N-dealkylation sites (tertiary alicyclic amines) is 1. The maximum Gasteiger partial charge on any atom is 0.219 e. The number of carbonyl (C=O) groups is 2. The highest BCUT2D eigenvalue weighted by atomic mass is 16.2. The Balaban J connectivity index is 0.000000791. The van der Waals surface area contributed by atoms with Crippen molar-refractivity contribution in [1.29, 1.82) is 0 Å². The summed E-state index contributed by atoms with van der Waals surface area (Å²) in [4.78, 5) is 23.3. The Hall–Kier alpha value is -1.06. The Morgan fingerprint density at radius 1 is 1.29 bits per heavy atom. The topological polar surface area (TPSA) is 49.4 Å². The zero-order valence-electron chi connectivity index (χ0n) is 9.46. The molecule has 1 aliphatic rings. The third kappa shape index (κ3) is 4.25. The van der Waals surface area contributed by atoms with Crippen molar-refractivity contribution in [2.24, 2.45) is 0 Å². The molecule has 0 aromatic carbocycles. The average molecular weight is 200 g/mol. The number of hydrogen-bond donors (Lipinski definition) is 1. The molecule has 0 saturated carbocycles. The van der Waals surface area contributed by atoms with Crippen LogP contribution in [0, 0.1) is 0 Å². The molecule has 0 bridgehead atoms. The maximum absolute atomic E-state index is 10.9. The minimum absolute atomic E-state index is 0.0228. The first kappa shape index (κ1) is 12.9. The van der Waals surface area contributed by atoms with E-state index < -0.39 is 0 Å². The van der Waals surface area contributed by atoms with Gasteiger partial charge in [0.25, 0.3) is 0 Å². The summed E-state index contributed by atoms with van der Waals surface area (Å²) in [7, 11) is 0.